The Bertz CT molecular complexity index is 415. The molecule has 6 nitrogen and oxygen atoms in total. The average Bonchev–Trinajstić information content (AvgIpc) is 2.66. The zero-order valence-corrected chi connectivity index (χ0v) is 9.40. The van der Waals surface area contributed by atoms with Gasteiger partial charge in [-0.15, -0.1) is 11.5 Å². The van der Waals surface area contributed by atoms with Crippen molar-refractivity contribution in [3.8, 4) is 12.3 Å². The molecule has 0 atom stereocenters. The summed E-state index contributed by atoms with van der Waals surface area (Å²) in [6, 6.07) is 0. The van der Waals surface area contributed by atoms with Crippen LogP contribution in [-0.4, -0.2) is 33.0 Å². The Kier molecular flexibility index (Phi) is 3.64. The largest absolute Gasteiger partial charge is 0.335 e. The third-order valence-electron chi connectivity index (χ3n) is 1.92. The van der Waals surface area contributed by atoms with Crippen molar-refractivity contribution in [3.63, 3.8) is 0 Å². The number of nitrogens with two attached hydrogens (primary N) is 1. The van der Waals surface area contributed by atoms with Gasteiger partial charge in [-0.3, -0.25) is 9.48 Å². The van der Waals surface area contributed by atoms with E-state index in [2.05, 4.69) is 21.5 Å². The lowest BCUT2D eigenvalue weighted by atomic mass is 10.1. The first-order valence-corrected chi connectivity index (χ1v) is 4.89. The van der Waals surface area contributed by atoms with Gasteiger partial charge in [-0.25, -0.2) is 0 Å². The Labute approximate surface area is 94.2 Å². The van der Waals surface area contributed by atoms with Crippen LogP contribution in [0.15, 0.2) is 6.20 Å². The molecule has 0 aliphatic rings. The topological polar surface area (TPSA) is 85.8 Å². The summed E-state index contributed by atoms with van der Waals surface area (Å²) in [5.41, 5.74) is 4.89. The molecule has 0 bridgehead atoms. The minimum atomic E-state index is -0.700. The highest BCUT2D eigenvalue weighted by molar-refractivity contribution is 5.92. The van der Waals surface area contributed by atoms with E-state index in [0.29, 0.717) is 13.1 Å². The van der Waals surface area contributed by atoms with E-state index in [1.807, 2.05) is 0 Å². The number of nitrogens with one attached hydrogen (secondary N) is 1. The van der Waals surface area contributed by atoms with Crippen LogP contribution in [0, 0.1) is 12.3 Å². The quantitative estimate of drug-likeness (QED) is 0.663. The molecule has 3 N–H and O–H groups in total. The summed E-state index contributed by atoms with van der Waals surface area (Å²) in [6.45, 7) is 4.43. The van der Waals surface area contributed by atoms with Gasteiger partial charge >= 0.3 is 0 Å². The molecular weight excluding hydrogens is 206 g/mol. The average molecular weight is 221 g/mol. The minimum absolute atomic E-state index is 0.233. The molecule has 0 saturated heterocycles. The molecule has 6 heteroatoms. The summed E-state index contributed by atoms with van der Waals surface area (Å²) >= 11 is 0. The molecule has 1 rings (SSSR count). The summed E-state index contributed by atoms with van der Waals surface area (Å²) in [7, 11) is 0. The van der Waals surface area contributed by atoms with Crippen molar-refractivity contribution in [1.29, 1.82) is 0 Å². The minimum Gasteiger partial charge on any atom is -0.335 e. The van der Waals surface area contributed by atoms with Gasteiger partial charge in [0.25, 0.3) is 5.91 Å². The van der Waals surface area contributed by atoms with Gasteiger partial charge in [-0.05, 0) is 13.8 Å². The summed E-state index contributed by atoms with van der Waals surface area (Å²) in [4.78, 5) is 11.7. The van der Waals surface area contributed by atoms with Crippen LogP contribution in [0.4, 0.5) is 0 Å². The Hall–Kier alpha value is -1.87. The molecule has 1 heterocycles. The van der Waals surface area contributed by atoms with E-state index in [-0.39, 0.29) is 11.6 Å². The smallest absolute Gasteiger partial charge is 0.274 e. The predicted molar refractivity (Wildman–Crippen MR) is 59.5 cm³/mol. The molecule has 0 spiro atoms. The van der Waals surface area contributed by atoms with Crippen molar-refractivity contribution in [2.24, 2.45) is 5.73 Å². The molecule has 0 unspecified atom stereocenters. The molecule has 86 valence electrons. The van der Waals surface area contributed by atoms with E-state index in [4.69, 9.17) is 12.2 Å². The van der Waals surface area contributed by atoms with Gasteiger partial charge in [-0.2, -0.15) is 0 Å². The van der Waals surface area contributed by atoms with Crippen molar-refractivity contribution in [1.82, 2.24) is 20.3 Å². The van der Waals surface area contributed by atoms with Gasteiger partial charge in [0.1, 0.15) is 0 Å². The van der Waals surface area contributed by atoms with Crippen molar-refractivity contribution in [2.45, 2.75) is 25.9 Å². The van der Waals surface area contributed by atoms with E-state index in [1.165, 1.54) is 10.9 Å². The third-order valence-corrected chi connectivity index (χ3v) is 1.92. The van der Waals surface area contributed by atoms with Crippen molar-refractivity contribution in [3.05, 3.63) is 11.9 Å². The van der Waals surface area contributed by atoms with Crippen molar-refractivity contribution in [2.75, 3.05) is 6.54 Å². The number of carbonyl (C=O) groups is 1. The van der Waals surface area contributed by atoms with E-state index >= 15 is 0 Å². The molecule has 1 aromatic heterocycles. The van der Waals surface area contributed by atoms with E-state index < -0.39 is 5.54 Å². The van der Waals surface area contributed by atoms with Crippen molar-refractivity contribution >= 4 is 5.91 Å². The van der Waals surface area contributed by atoms with Crippen molar-refractivity contribution < 1.29 is 4.79 Å². The van der Waals surface area contributed by atoms with Crippen LogP contribution in [0.2, 0.25) is 0 Å². The van der Waals surface area contributed by atoms with Crippen LogP contribution < -0.4 is 11.1 Å². The molecule has 0 radical (unpaired) electrons. The van der Waals surface area contributed by atoms with Crippen LogP contribution in [0.3, 0.4) is 0 Å². The fourth-order valence-corrected chi connectivity index (χ4v) is 1.03. The van der Waals surface area contributed by atoms with Crippen LogP contribution in [0.25, 0.3) is 0 Å². The first-order chi connectivity index (χ1) is 7.48. The van der Waals surface area contributed by atoms with E-state index in [0.717, 1.165) is 0 Å². The molecule has 0 aliphatic heterocycles. The summed E-state index contributed by atoms with van der Waals surface area (Å²) in [5, 5.41) is 10.1. The van der Waals surface area contributed by atoms with E-state index in [1.54, 1.807) is 13.8 Å². The number of hydrogen-bond acceptors (Lipinski definition) is 4. The number of amides is 1. The fraction of sp³-hybridized carbons (Fsp3) is 0.500. The summed E-state index contributed by atoms with van der Waals surface area (Å²) < 4.78 is 1.51. The van der Waals surface area contributed by atoms with Gasteiger partial charge in [0.2, 0.25) is 0 Å². The highest BCUT2D eigenvalue weighted by Crippen LogP contribution is 2.01. The maximum absolute atomic E-state index is 11.7. The Morgan fingerprint density at radius 2 is 2.44 bits per heavy atom. The van der Waals surface area contributed by atoms with Gasteiger partial charge in [0.15, 0.2) is 5.69 Å². The second-order valence-electron chi connectivity index (χ2n) is 3.88. The molecule has 0 saturated carbocycles. The zero-order valence-electron chi connectivity index (χ0n) is 9.40. The maximum atomic E-state index is 11.7. The number of carbonyl (C=O) groups excluding carboxylic acids is 1. The summed E-state index contributed by atoms with van der Waals surface area (Å²) in [5.74, 6) is 2.13. The van der Waals surface area contributed by atoms with Gasteiger partial charge in [0.05, 0.1) is 18.3 Å². The Morgan fingerprint density at radius 1 is 1.75 bits per heavy atom. The van der Waals surface area contributed by atoms with Gasteiger partial charge in [0, 0.05) is 6.54 Å². The fourth-order valence-electron chi connectivity index (χ4n) is 1.03. The normalized spacial score (nSPS) is 10.9. The SMILES string of the molecule is C#CC(C)(C)NC(=O)c1cn(CCN)nn1. The molecule has 1 aromatic rings. The lowest BCUT2D eigenvalue weighted by Gasteiger charge is -2.18. The first kappa shape index (κ1) is 12.2. The molecular formula is C10H15N5O. The van der Waals surface area contributed by atoms with Gasteiger partial charge in [-0.1, -0.05) is 11.1 Å². The lowest BCUT2D eigenvalue weighted by Crippen LogP contribution is -2.42. The third kappa shape index (κ3) is 3.07. The predicted octanol–water partition coefficient (Wildman–Crippen LogP) is -0.622. The standard InChI is InChI=1S/C10H15N5O/c1-4-10(2,3)12-9(16)8-7-15(6-5-11)14-13-8/h1,7H,5-6,11H2,2-3H3,(H,12,16). The highest BCUT2D eigenvalue weighted by Gasteiger charge is 2.20. The molecule has 1 amide bonds. The van der Waals surface area contributed by atoms with Crippen LogP contribution >= 0.6 is 0 Å². The zero-order chi connectivity index (χ0) is 12.2. The number of nitrogens with zero attached hydrogens (tertiary/aromatic N) is 3. The number of aromatic nitrogens is 3. The molecule has 0 aromatic carbocycles. The number of hydrogen-bond donors (Lipinski definition) is 2. The summed E-state index contributed by atoms with van der Waals surface area (Å²) in [6.07, 6.45) is 6.80. The van der Waals surface area contributed by atoms with E-state index in [9.17, 15) is 4.79 Å². The Morgan fingerprint density at radius 3 is 3.00 bits per heavy atom. The number of rotatable bonds is 4. The maximum Gasteiger partial charge on any atom is 0.274 e. The highest BCUT2D eigenvalue weighted by atomic mass is 16.2. The lowest BCUT2D eigenvalue weighted by molar-refractivity contribution is 0.0924. The monoisotopic (exact) mass is 221 g/mol. The van der Waals surface area contributed by atoms with Crippen LogP contribution in [0.5, 0.6) is 0 Å². The number of terminal acetylenes is 1. The second kappa shape index (κ2) is 4.77. The molecule has 16 heavy (non-hydrogen) atoms. The Balaban J connectivity index is 2.70. The van der Waals surface area contributed by atoms with Crippen LogP contribution in [0.1, 0.15) is 24.3 Å². The van der Waals surface area contributed by atoms with Gasteiger partial charge < -0.3 is 11.1 Å². The molecule has 0 aliphatic carbocycles. The molecule has 0 fully saturated rings. The van der Waals surface area contributed by atoms with Crippen LogP contribution in [-0.2, 0) is 6.54 Å². The second-order valence-corrected chi connectivity index (χ2v) is 3.88. The first-order valence-electron chi connectivity index (χ1n) is 4.89.